The fourth-order valence-electron chi connectivity index (χ4n) is 4.11. The molecular formula is C25H27N5O6S. The van der Waals surface area contributed by atoms with Crippen molar-refractivity contribution in [1.82, 2.24) is 15.2 Å². The predicted molar refractivity (Wildman–Crippen MR) is 140 cm³/mol. The molecule has 0 spiro atoms. The topological polar surface area (TPSA) is 144 Å². The number of methoxy groups -OCH3 is 2. The Morgan fingerprint density at radius 1 is 1.11 bits per heavy atom. The van der Waals surface area contributed by atoms with Gasteiger partial charge < -0.3 is 19.5 Å². The highest BCUT2D eigenvalue weighted by atomic mass is 32.2. The lowest BCUT2D eigenvalue weighted by Gasteiger charge is -2.24. The number of carbonyl (C=O) groups is 1. The van der Waals surface area contributed by atoms with E-state index in [2.05, 4.69) is 20.1 Å². The van der Waals surface area contributed by atoms with Crippen molar-refractivity contribution in [2.45, 2.75) is 30.8 Å². The van der Waals surface area contributed by atoms with Crippen LogP contribution in [0.5, 0.6) is 11.5 Å². The van der Waals surface area contributed by atoms with Gasteiger partial charge in [-0.15, -0.1) is 5.10 Å². The minimum absolute atomic E-state index is 0.0645. The number of nitro groups is 1. The van der Waals surface area contributed by atoms with Crippen molar-refractivity contribution < 1.29 is 24.3 Å². The molecule has 2 N–H and O–H groups in total. The average molecular weight is 526 g/mol. The molecule has 2 aromatic carbocycles. The van der Waals surface area contributed by atoms with Gasteiger partial charge in [-0.2, -0.15) is 0 Å². The maximum atomic E-state index is 12.2. The van der Waals surface area contributed by atoms with Crippen molar-refractivity contribution >= 4 is 35.2 Å². The number of aromatic nitrogens is 3. The maximum Gasteiger partial charge on any atom is 0.342 e. The summed E-state index contributed by atoms with van der Waals surface area (Å²) in [6.45, 7) is 1.62. The zero-order valence-corrected chi connectivity index (χ0v) is 21.3. The van der Waals surface area contributed by atoms with Crippen molar-refractivity contribution in [2.75, 3.05) is 32.2 Å². The summed E-state index contributed by atoms with van der Waals surface area (Å²) in [5.41, 5.74) is 1.78. The van der Waals surface area contributed by atoms with Crippen LogP contribution in [0.25, 0.3) is 17.5 Å². The molecule has 1 aliphatic rings. The van der Waals surface area contributed by atoms with E-state index in [1.165, 1.54) is 32.4 Å². The van der Waals surface area contributed by atoms with Gasteiger partial charge in [-0.25, -0.2) is 9.78 Å². The highest BCUT2D eigenvalue weighted by Gasteiger charge is 2.20. The minimum Gasteiger partial charge on any atom is -0.497 e. The molecule has 11 nitrogen and oxygen atoms in total. The van der Waals surface area contributed by atoms with Gasteiger partial charge in [-0.3, -0.25) is 15.2 Å². The van der Waals surface area contributed by atoms with Crippen LogP contribution in [-0.2, 0) is 4.79 Å². The first-order valence-electron chi connectivity index (χ1n) is 11.7. The van der Waals surface area contributed by atoms with Crippen molar-refractivity contribution in [3.8, 4) is 22.9 Å². The fourth-order valence-corrected chi connectivity index (χ4v) is 4.81. The molecule has 1 aliphatic heterocycles. The van der Waals surface area contributed by atoms with Crippen LogP contribution in [0.2, 0.25) is 0 Å². The number of nitrogens with one attached hydrogen (secondary N) is 1. The van der Waals surface area contributed by atoms with Crippen LogP contribution < -0.4 is 14.4 Å². The summed E-state index contributed by atoms with van der Waals surface area (Å²) in [5, 5.41) is 28.6. The lowest BCUT2D eigenvalue weighted by Crippen LogP contribution is -2.24. The number of carboxylic acids is 1. The molecule has 1 saturated heterocycles. The molecule has 0 aliphatic carbocycles. The fraction of sp³-hybridized carbons (Fsp3) is 0.320. The SMILES string of the molecule is COc1cc(OC)cc(-c2nc(S/C(=C/c3cc([N+](=O)[O-])ccc3N3CCCCCC3)C(=O)O)n[nH]2)c1. The van der Waals surface area contributed by atoms with Gasteiger partial charge in [0, 0.05) is 48.1 Å². The minimum atomic E-state index is -1.19. The molecule has 0 unspecified atom stereocenters. The highest BCUT2D eigenvalue weighted by Crippen LogP contribution is 2.34. The van der Waals surface area contributed by atoms with Gasteiger partial charge in [0.15, 0.2) is 5.82 Å². The summed E-state index contributed by atoms with van der Waals surface area (Å²) in [6, 6.07) is 9.79. The Morgan fingerprint density at radius 3 is 2.38 bits per heavy atom. The molecule has 194 valence electrons. The smallest absolute Gasteiger partial charge is 0.342 e. The van der Waals surface area contributed by atoms with E-state index < -0.39 is 10.9 Å². The number of benzene rings is 2. The van der Waals surface area contributed by atoms with Crippen molar-refractivity contribution in [3.05, 3.63) is 57.0 Å². The Hall–Kier alpha value is -4.06. The third kappa shape index (κ3) is 6.39. The van der Waals surface area contributed by atoms with Crippen LogP contribution in [0.15, 0.2) is 46.5 Å². The number of aromatic amines is 1. The van der Waals surface area contributed by atoms with Gasteiger partial charge in [0.1, 0.15) is 16.4 Å². The number of non-ortho nitro benzene ring substituents is 1. The van der Waals surface area contributed by atoms with E-state index in [1.54, 1.807) is 24.3 Å². The summed E-state index contributed by atoms with van der Waals surface area (Å²) < 4.78 is 10.6. The van der Waals surface area contributed by atoms with E-state index in [0.717, 1.165) is 56.2 Å². The first-order chi connectivity index (χ1) is 17.9. The molecule has 0 radical (unpaired) electrons. The third-order valence-corrected chi connectivity index (χ3v) is 6.83. The number of nitro benzene ring substituents is 1. The molecule has 1 fully saturated rings. The molecule has 4 rings (SSSR count). The molecular weight excluding hydrogens is 498 g/mol. The molecule has 37 heavy (non-hydrogen) atoms. The Bertz CT molecular complexity index is 1290. The van der Waals surface area contributed by atoms with Crippen LogP contribution in [0, 0.1) is 10.1 Å². The highest BCUT2D eigenvalue weighted by molar-refractivity contribution is 8.04. The second-order valence-corrected chi connectivity index (χ2v) is 9.39. The van der Waals surface area contributed by atoms with Crippen LogP contribution in [0.4, 0.5) is 11.4 Å². The lowest BCUT2D eigenvalue weighted by molar-refractivity contribution is -0.384. The normalized spacial score (nSPS) is 14.2. The van der Waals surface area contributed by atoms with E-state index in [1.807, 2.05) is 0 Å². The van der Waals surface area contributed by atoms with Gasteiger partial charge in [0.05, 0.1) is 19.1 Å². The standard InChI is InChI=1S/C25H27N5O6S/c1-35-19-12-17(13-20(15-19)36-2)23-26-25(28-27-23)37-22(24(31)32)14-16-11-18(30(33)34)7-8-21(16)29-9-5-3-4-6-10-29/h7-8,11-15H,3-6,9-10H2,1-2H3,(H,31,32)(H,26,27,28)/b22-14+. The van der Waals surface area contributed by atoms with Crippen molar-refractivity contribution in [3.63, 3.8) is 0 Å². The molecule has 0 bridgehead atoms. The second-order valence-electron chi connectivity index (χ2n) is 8.39. The summed E-state index contributed by atoms with van der Waals surface area (Å²) >= 11 is 0.858. The van der Waals surface area contributed by atoms with Crippen LogP contribution in [0.1, 0.15) is 31.2 Å². The number of anilines is 1. The number of nitrogens with zero attached hydrogens (tertiary/aromatic N) is 4. The largest absolute Gasteiger partial charge is 0.497 e. The summed E-state index contributed by atoms with van der Waals surface area (Å²) in [5.74, 6) is 0.355. The number of hydrogen-bond donors (Lipinski definition) is 2. The van der Waals surface area contributed by atoms with Crippen molar-refractivity contribution in [1.29, 1.82) is 0 Å². The van der Waals surface area contributed by atoms with E-state index in [4.69, 9.17) is 9.47 Å². The van der Waals surface area contributed by atoms with Gasteiger partial charge in [-0.1, -0.05) is 12.8 Å². The van der Waals surface area contributed by atoms with Crippen LogP contribution >= 0.6 is 11.8 Å². The number of hydrogen-bond acceptors (Lipinski definition) is 9. The number of H-pyrrole nitrogens is 1. The quantitative estimate of drug-likeness (QED) is 0.170. The summed E-state index contributed by atoms with van der Waals surface area (Å²) in [7, 11) is 3.08. The molecule has 0 atom stereocenters. The van der Waals surface area contributed by atoms with Crippen LogP contribution in [-0.4, -0.2) is 58.5 Å². The van der Waals surface area contributed by atoms with E-state index in [9.17, 15) is 20.0 Å². The molecule has 3 aromatic rings. The number of aliphatic carboxylic acids is 1. The van der Waals surface area contributed by atoms with Crippen molar-refractivity contribution in [2.24, 2.45) is 0 Å². The second kappa shape index (κ2) is 11.8. The molecule has 12 heteroatoms. The Labute approximate surface area is 217 Å². The van der Waals surface area contributed by atoms with E-state index in [0.29, 0.717) is 28.5 Å². The number of ether oxygens (including phenoxy) is 2. The molecule has 1 aromatic heterocycles. The zero-order valence-electron chi connectivity index (χ0n) is 20.5. The Kier molecular flexibility index (Phi) is 8.29. The van der Waals surface area contributed by atoms with Gasteiger partial charge in [-0.05, 0) is 48.9 Å². The first kappa shape index (κ1) is 26.0. The average Bonchev–Trinajstić information content (AvgIpc) is 3.20. The summed E-state index contributed by atoms with van der Waals surface area (Å²) in [4.78, 5) is 29.7. The van der Waals surface area contributed by atoms with E-state index in [-0.39, 0.29) is 15.7 Å². The number of carboxylic acid groups (broad SMARTS) is 1. The zero-order chi connectivity index (χ0) is 26.4. The third-order valence-electron chi connectivity index (χ3n) is 5.96. The van der Waals surface area contributed by atoms with E-state index >= 15 is 0 Å². The summed E-state index contributed by atoms with van der Waals surface area (Å²) in [6.07, 6.45) is 5.71. The predicted octanol–water partition coefficient (Wildman–Crippen LogP) is 5.00. The number of thioether (sulfide) groups is 1. The molecule has 2 heterocycles. The number of rotatable bonds is 9. The Morgan fingerprint density at radius 2 is 1.78 bits per heavy atom. The first-order valence-corrected chi connectivity index (χ1v) is 12.5. The Balaban J connectivity index is 1.67. The lowest BCUT2D eigenvalue weighted by atomic mass is 10.1. The van der Waals surface area contributed by atoms with Gasteiger partial charge in [0.2, 0.25) is 5.16 Å². The van der Waals surface area contributed by atoms with Crippen LogP contribution in [0.3, 0.4) is 0 Å². The van der Waals surface area contributed by atoms with Gasteiger partial charge >= 0.3 is 5.97 Å². The molecule has 0 amide bonds. The monoisotopic (exact) mass is 525 g/mol. The van der Waals surface area contributed by atoms with Gasteiger partial charge in [0.25, 0.3) is 5.69 Å². The molecule has 0 saturated carbocycles. The maximum absolute atomic E-state index is 12.2.